The average Bonchev–Trinajstić information content (AvgIpc) is 2.56. The fourth-order valence-electron chi connectivity index (χ4n) is 2.81. The molecule has 1 aliphatic rings. The van der Waals surface area contributed by atoms with Crippen LogP contribution in [0.25, 0.3) is 0 Å². The van der Waals surface area contributed by atoms with E-state index in [1.165, 1.54) is 0 Å². The van der Waals surface area contributed by atoms with Crippen molar-refractivity contribution in [2.24, 2.45) is 0 Å². The Bertz CT molecular complexity index is 417. The van der Waals surface area contributed by atoms with Crippen LogP contribution in [0.5, 0.6) is 0 Å². The van der Waals surface area contributed by atoms with Gasteiger partial charge in [0.2, 0.25) is 0 Å². The molecule has 1 saturated heterocycles. The summed E-state index contributed by atoms with van der Waals surface area (Å²) in [6.07, 6.45) is 0.586. The van der Waals surface area contributed by atoms with Crippen LogP contribution in [-0.4, -0.2) is 106 Å². The van der Waals surface area contributed by atoms with Gasteiger partial charge in [0.05, 0.1) is 13.1 Å². The first kappa shape index (κ1) is 20.3. The summed E-state index contributed by atoms with van der Waals surface area (Å²) in [5.41, 5.74) is 0. The number of hydrogen-bond acceptors (Lipinski definition) is 6. The van der Waals surface area contributed by atoms with Crippen LogP contribution < -0.4 is 0 Å². The summed E-state index contributed by atoms with van der Waals surface area (Å²) in [5, 5.41) is 26.8. The quantitative estimate of drug-likeness (QED) is 0.525. The predicted molar refractivity (Wildman–Crippen MR) is 86.1 cm³/mol. The molecule has 1 rings (SSSR count). The first-order chi connectivity index (χ1) is 11.3. The summed E-state index contributed by atoms with van der Waals surface area (Å²) in [6, 6.07) is 0.0394. The Morgan fingerprint density at radius 2 is 1.21 bits per heavy atom. The van der Waals surface area contributed by atoms with E-state index < -0.39 is 17.9 Å². The van der Waals surface area contributed by atoms with Gasteiger partial charge < -0.3 is 15.3 Å². The number of carbonyl (C=O) groups is 3. The second kappa shape index (κ2) is 10.2. The van der Waals surface area contributed by atoms with Gasteiger partial charge in [-0.25, -0.2) is 0 Å². The highest BCUT2D eigenvalue weighted by Crippen LogP contribution is 2.09. The Kier molecular flexibility index (Phi) is 8.66. The van der Waals surface area contributed by atoms with Gasteiger partial charge in [-0.1, -0.05) is 0 Å². The van der Waals surface area contributed by atoms with Gasteiger partial charge >= 0.3 is 17.9 Å². The van der Waals surface area contributed by atoms with E-state index in [-0.39, 0.29) is 25.6 Å². The minimum Gasteiger partial charge on any atom is -0.481 e. The van der Waals surface area contributed by atoms with Gasteiger partial charge in [-0.05, 0) is 13.3 Å². The molecule has 0 aromatic rings. The van der Waals surface area contributed by atoms with Crippen LogP contribution in [0.2, 0.25) is 0 Å². The smallest absolute Gasteiger partial charge is 0.317 e. The first-order valence-electron chi connectivity index (χ1n) is 8.12. The third-order valence-corrected chi connectivity index (χ3v) is 4.26. The van der Waals surface area contributed by atoms with Crippen LogP contribution in [0, 0.1) is 0 Å². The largest absolute Gasteiger partial charge is 0.481 e. The number of hydrogen-bond donors (Lipinski definition) is 3. The van der Waals surface area contributed by atoms with E-state index in [1.807, 2.05) is 6.92 Å². The van der Waals surface area contributed by atoms with E-state index in [4.69, 9.17) is 15.3 Å². The fourth-order valence-corrected chi connectivity index (χ4v) is 2.81. The standard InChI is InChI=1S/C15H27N3O6/c1-12(2-3-13(19)20)18-8-6-16(10-14(21)22)4-5-17(7-9-18)11-15(23)24/h12H,2-11H2,1H3,(H,19,20)(H,21,22)(H,23,24). The second-order valence-corrected chi connectivity index (χ2v) is 6.16. The van der Waals surface area contributed by atoms with Crippen molar-refractivity contribution < 1.29 is 29.7 Å². The van der Waals surface area contributed by atoms with E-state index >= 15 is 0 Å². The maximum Gasteiger partial charge on any atom is 0.317 e. The lowest BCUT2D eigenvalue weighted by atomic mass is 10.1. The van der Waals surface area contributed by atoms with Gasteiger partial charge in [-0.3, -0.25) is 29.1 Å². The fraction of sp³-hybridized carbons (Fsp3) is 0.800. The summed E-state index contributed by atoms with van der Waals surface area (Å²) in [7, 11) is 0. The summed E-state index contributed by atoms with van der Waals surface area (Å²) in [4.78, 5) is 38.4. The minimum absolute atomic E-state index is 0.0394. The molecule has 0 spiro atoms. The molecule has 24 heavy (non-hydrogen) atoms. The Hall–Kier alpha value is -1.71. The number of carboxylic acid groups (broad SMARTS) is 3. The number of nitrogens with zero attached hydrogens (tertiary/aromatic N) is 3. The molecule has 0 saturated carbocycles. The average molecular weight is 345 g/mol. The molecule has 1 fully saturated rings. The molecule has 1 atom stereocenters. The highest BCUT2D eigenvalue weighted by atomic mass is 16.4. The number of aliphatic carboxylic acids is 3. The maximum atomic E-state index is 11.0. The van der Waals surface area contributed by atoms with Crippen molar-refractivity contribution in [3.63, 3.8) is 0 Å². The summed E-state index contributed by atoms with van der Waals surface area (Å²) in [5.74, 6) is -2.67. The van der Waals surface area contributed by atoms with Crippen LogP contribution in [0.3, 0.4) is 0 Å². The molecule has 0 aromatic carbocycles. The van der Waals surface area contributed by atoms with E-state index in [9.17, 15) is 14.4 Å². The molecule has 0 amide bonds. The van der Waals surface area contributed by atoms with E-state index in [0.717, 1.165) is 0 Å². The third-order valence-electron chi connectivity index (χ3n) is 4.26. The number of carboxylic acids is 3. The highest BCUT2D eigenvalue weighted by Gasteiger charge is 2.22. The van der Waals surface area contributed by atoms with Crippen LogP contribution in [-0.2, 0) is 14.4 Å². The van der Waals surface area contributed by atoms with Crippen LogP contribution in [0.4, 0.5) is 0 Å². The van der Waals surface area contributed by atoms with Crippen molar-refractivity contribution in [3.05, 3.63) is 0 Å². The molecule has 0 bridgehead atoms. The van der Waals surface area contributed by atoms with Crippen molar-refractivity contribution in [2.45, 2.75) is 25.8 Å². The zero-order chi connectivity index (χ0) is 18.1. The lowest BCUT2D eigenvalue weighted by molar-refractivity contribution is -0.140. The number of rotatable bonds is 8. The van der Waals surface area contributed by atoms with Gasteiger partial charge in [0.25, 0.3) is 0 Å². The van der Waals surface area contributed by atoms with Crippen molar-refractivity contribution in [3.8, 4) is 0 Å². The monoisotopic (exact) mass is 345 g/mol. The predicted octanol–water partition coefficient (Wildman–Crippen LogP) is -0.671. The van der Waals surface area contributed by atoms with Gasteiger partial charge in [-0.15, -0.1) is 0 Å². The van der Waals surface area contributed by atoms with Crippen molar-refractivity contribution in [2.75, 3.05) is 52.4 Å². The first-order valence-corrected chi connectivity index (χ1v) is 8.12. The Balaban J connectivity index is 2.72. The lowest BCUT2D eigenvalue weighted by Crippen LogP contribution is -2.42. The molecule has 3 N–H and O–H groups in total. The molecule has 1 unspecified atom stereocenters. The minimum atomic E-state index is -0.912. The molecule has 0 aliphatic carbocycles. The molecular weight excluding hydrogens is 318 g/mol. The topological polar surface area (TPSA) is 122 Å². The van der Waals surface area contributed by atoms with E-state index in [1.54, 1.807) is 9.80 Å². The van der Waals surface area contributed by atoms with Crippen molar-refractivity contribution in [1.29, 1.82) is 0 Å². The highest BCUT2D eigenvalue weighted by molar-refractivity contribution is 5.69. The SMILES string of the molecule is CC(CCC(=O)O)N1CCN(CC(=O)O)CCN(CC(=O)O)CC1. The second-order valence-electron chi connectivity index (χ2n) is 6.16. The van der Waals surface area contributed by atoms with E-state index in [0.29, 0.717) is 45.7 Å². The molecule has 138 valence electrons. The summed E-state index contributed by atoms with van der Waals surface area (Å²) >= 11 is 0. The maximum absolute atomic E-state index is 11.0. The molecule has 9 nitrogen and oxygen atoms in total. The van der Waals surface area contributed by atoms with Gasteiger partial charge in [0.15, 0.2) is 0 Å². The summed E-state index contributed by atoms with van der Waals surface area (Å²) < 4.78 is 0. The molecule has 0 radical (unpaired) electrons. The van der Waals surface area contributed by atoms with Gasteiger partial charge in [0, 0.05) is 51.7 Å². The molecular formula is C15H27N3O6. The molecule has 1 aliphatic heterocycles. The van der Waals surface area contributed by atoms with E-state index in [2.05, 4.69) is 4.90 Å². The Morgan fingerprint density at radius 1 is 0.792 bits per heavy atom. The van der Waals surface area contributed by atoms with Gasteiger partial charge in [-0.2, -0.15) is 0 Å². The third kappa shape index (κ3) is 8.23. The van der Waals surface area contributed by atoms with Crippen molar-refractivity contribution in [1.82, 2.24) is 14.7 Å². The lowest BCUT2D eigenvalue weighted by Gasteiger charge is -2.30. The zero-order valence-corrected chi connectivity index (χ0v) is 14.1. The summed E-state index contributed by atoms with van der Waals surface area (Å²) in [6.45, 7) is 5.16. The normalized spacial score (nSPS) is 19.9. The Labute approximate surface area is 141 Å². The molecule has 1 heterocycles. The van der Waals surface area contributed by atoms with Crippen molar-refractivity contribution >= 4 is 17.9 Å². The van der Waals surface area contributed by atoms with Gasteiger partial charge in [0.1, 0.15) is 0 Å². The Morgan fingerprint density at radius 3 is 1.58 bits per heavy atom. The molecule has 9 heteroatoms. The zero-order valence-electron chi connectivity index (χ0n) is 14.1. The van der Waals surface area contributed by atoms with Crippen LogP contribution >= 0.6 is 0 Å². The van der Waals surface area contributed by atoms with Crippen LogP contribution in [0.1, 0.15) is 19.8 Å². The van der Waals surface area contributed by atoms with Crippen LogP contribution in [0.15, 0.2) is 0 Å². The molecule has 0 aromatic heterocycles.